The number of nitrogens with one attached hydrogen (secondary N) is 2. The number of aliphatic imine (C=N–C) groups is 1. The quantitative estimate of drug-likeness (QED) is 0.495. The Labute approximate surface area is 176 Å². The van der Waals surface area contributed by atoms with E-state index in [2.05, 4.69) is 15.1 Å². The maximum atomic E-state index is 12.4. The van der Waals surface area contributed by atoms with Crippen molar-refractivity contribution in [1.82, 2.24) is 20.1 Å². The number of rotatable bonds is 6. The van der Waals surface area contributed by atoms with Crippen LogP contribution in [0.25, 0.3) is 10.9 Å². The summed E-state index contributed by atoms with van der Waals surface area (Å²) in [5.41, 5.74) is 2.25. The second-order valence-electron chi connectivity index (χ2n) is 7.58. The fourth-order valence-electron chi connectivity index (χ4n) is 3.60. The van der Waals surface area contributed by atoms with Crippen molar-refractivity contribution in [1.29, 1.82) is 0 Å². The molecule has 1 fully saturated rings. The van der Waals surface area contributed by atoms with Crippen LogP contribution in [-0.4, -0.2) is 44.2 Å². The Hall–Kier alpha value is -3.30. The van der Waals surface area contributed by atoms with Gasteiger partial charge in [0, 0.05) is 16.5 Å². The van der Waals surface area contributed by atoms with Gasteiger partial charge in [-0.1, -0.05) is 6.92 Å². The lowest BCUT2D eigenvalue weighted by Crippen LogP contribution is -2.33. The zero-order valence-electron chi connectivity index (χ0n) is 16.8. The Bertz CT molecular complexity index is 1140. The molecule has 10 heteroatoms. The van der Waals surface area contributed by atoms with Crippen molar-refractivity contribution in [2.24, 2.45) is 4.99 Å². The third kappa shape index (κ3) is 4.42. The monoisotopic (exact) mass is 433 g/mol. The normalized spacial score (nSPS) is 15.3. The van der Waals surface area contributed by atoms with Gasteiger partial charge < -0.3 is 15.4 Å². The van der Waals surface area contributed by atoms with Crippen LogP contribution in [0.4, 0.5) is 18.9 Å². The van der Waals surface area contributed by atoms with E-state index in [0.717, 1.165) is 12.8 Å². The first-order valence-corrected chi connectivity index (χ1v) is 10.1. The van der Waals surface area contributed by atoms with E-state index >= 15 is 0 Å². The number of alkyl halides is 3. The molecule has 7 nitrogen and oxygen atoms in total. The molecule has 4 rings (SSSR count). The molecule has 0 unspecified atom stereocenters. The van der Waals surface area contributed by atoms with E-state index in [1.807, 2.05) is 23.1 Å². The first-order valence-electron chi connectivity index (χ1n) is 10.1. The van der Waals surface area contributed by atoms with Crippen molar-refractivity contribution in [3.8, 4) is 5.88 Å². The number of amides is 1. The van der Waals surface area contributed by atoms with Crippen molar-refractivity contribution in [2.45, 2.75) is 44.8 Å². The summed E-state index contributed by atoms with van der Waals surface area (Å²) in [6.07, 6.45) is 2.88. The van der Waals surface area contributed by atoms with Gasteiger partial charge in [-0.05, 0) is 43.9 Å². The van der Waals surface area contributed by atoms with Crippen LogP contribution >= 0.6 is 0 Å². The maximum absolute atomic E-state index is 12.4. The van der Waals surface area contributed by atoms with E-state index in [0.29, 0.717) is 40.3 Å². The predicted molar refractivity (Wildman–Crippen MR) is 110 cm³/mol. The van der Waals surface area contributed by atoms with Crippen molar-refractivity contribution >= 4 is 28.2 Å². The lowest BCUT2D eigenvalue weighted by Gasteiger charge is -2.25. The van der Waals surface area contributed by atoms with E-state index in [-0.39, 0.29) is 11.4 Å². The molecule has 1 amide bonds. The number of hydrogen-bond donors (Lipinski definition) is 3. The zero-order valence-corrected chi connectivity index (χ0v) is 16.8. The summed E-state index contributed by atoms with van der Waals surface area (Å²) >= 11 is 0. The summed E-state index contributed by atoms with van der Waals surface area (Å²) < 4.78 is 39.1. The van der Waals surface area contributed by atoms with Crippen LogP contribution in [0.5, 0.6) is 5.88 Å². The van der Waals surface area contributed by atoms with Gasteiger partial charge in [0.05, 0.1) is 29.7 Å². The molecule has 1 aliphatic carbocycles. The third-order valence-corrected chi connectivity index (χ3v) is 5.41. The predicted octanol–water partition coefficient (Wildman–Crippen LogP) is 4.62. The molecule has 0 saturated heterocycles. The van der Waals surface area contributed by atoms with Crippen molar-refractivity contribution in [3.05, 3.63) is 41.7 Å². The molecule has 3 aromatic rings. The van der Waals surface area contributed by atoms with E-state index in [1.54, 1.807) is 12.3 Å². The molecule has 1 aromatic carbocycles. The molecule has 0 aliphatic heterocycles. The Morgan fingerprint density at radius 1 is 1.39 bits per heavy atom. The Morgan fingerprint density at radius 3 is 2.81 bits per heavy atom. The lowest BCUT2D eigenvalue weighted by atomic mass is 9.93. The largest absolute Gasteiger partial charge is 0.494 e. The van der Waals surface area contributed by atoms with Crippen LogP contribution in [0.2, 0.25) is 0 Å². The number of halogens is 3. The van der Waals surface area contributed by atoms with Crippen molar-refractivity contribution in [3.63, 3.8) is 0 Å². The van der Waals surface area contributed by atoms with Crippen LogP contribution in [0.3, 0.4) is 0 Å². The number of hydrogen-bond acceptors (Lipinski definition) is 4. The fraction of sp³-hybridized carbons (Fsp3) is 0.381. The van der Waals surface area contributed by atoms with Gasteiger partial charge in [-0.3, -0.25) is 9.48 Å². The van der Waals surface area contributed by atoms with Gasteiger partial charge in [-0.2, -0.15) is 18.3 Å². The number of carbonyl (C=O) groups excluding carboxylic acids is 1. The van der Waals surface area contributed by atoms with Gasteiger partial charge in [0.25, 0.3) is 5.91 Å². The summed E-state index contributed by atoms with van der Waals surface area (Å²) in [4.78, 5) is 19.6. The summed E-state index contributed by atoms with van der Waals surface area (Å²) in [6.45, 7) is 0.467. The highest BCUT2D eigenvalue weighted by molar-refractivity contribution is 6.14. The molecule has 31 heavy (non-hydrogen) atoms. The van der Waals surface area contributed by atoms with Crippen LogP contribution < -0.4 is 5.32 Å². The number of aromatic nitrogens is 3. The van der Waals surface area contributed by atoms with Gasteiger partial charge in [0.1, 0.15) is 12.2 Å². The van der Waals surface area contributed by atoms with E-state index < -0.39 is 18.6 Å². The van der Waals surface area contributed by atoms with Crippen LogP contribution in [-0.2, 0) is 0 Å². The second-order valence-corrected chi connectivity index (χ2v) is 7.58. The molecule has 0 atom stereocenters. The number of benzene rings is 1. The molecule has 0 radical (unpaired) electrons. The molecule has 0 bridgehead atoms. The number of fused-ring (bicyclic) bond motifs is 1. The number of nitrogens with zero attached hydrogens (tertiary/aromatic N) is 3. The standard InChI is InChI=1S/C21H22F3N5O2/c1-2-16(27-13-9-26-29(10-13)14-4-3-5-14)18-15-8-12(6-7-17(15)28-20(18)31)19(30)25-11-21(22,23)24/h6-10,14,28,31H,2-5,11H2,1H3,(H,25,30). The number of carbonyl (C=O) groups is 1. The van der Waals surface area contributed by atoms with E-state index in [4.69, 9.17) is 0 Å². The maximum Gasteiger partial charge on any atom is 0.405 e. The molecule has 164 valence electrons. The highest BCUT2D eigenvalue weighted by Gasteiger charge is 2.28. The van der Waals surface area contributed by atoms with E-state index in [9.17, 15) is 23.1 Å². The average Bonchev–Trinajstić information content (AvgIpc) is 3.25. The molecule has 0 spiro atoms. The molecule has 3 N–H and O–H groups in total. The van der Waals surface area contributed by atoms with Crippen LogP contribution in [0, 0.1) is 0 Å². The summed E-state index contributed by atoms with van der Waals surface area (Å²) in [7, 11) is 0. The van der Waals surface area contributed by atoms with Gasteiger partial charge in [0.2, 0.25) is 0 Å². The molecule has 2 heterocycles. The van der Waals surface area contributed by atoms with E-state index in [1.165, 1.54) is 18.6 Å². The first kappa shape index (κ1) is 21.0. The average molecular weight is 433 g/mol. The zero-order chi connectivity index (χ0) is 22.2. The number of aromatic hydroxyl groups is 1. The second kappa shape index (κ2) is 8.09. The number of aromatic amines is 1. The van der Waals surface area contributed by atoms with Crippen LogP contribution in [0.15, 0.2) is 35.6 Å². The molecular formula is C21H22F3N5O2. The third-order valence-electron chi connectivity index (χ3n) is 5.41. The Morgan fingerprint density at radius 2 is 2.16 bits per heavy atom. The first-order chi connectivity index (χ1) is 14.7. The van der Waals surface area contributed by atoms with Gasteiger partial charge in [-0.25, -0.2) is 4.99 Å². The molecular weight excluding hydrogens is 411 g/mol. The minimum atomic E-state index is -4.50. The Balaban J connectivity index is 1.67. The topological polar surface area (TPSA) is 95.3 Å². The summed E-state index contributed by atoms with van der Waals surface area (Å²) in [6, 6.07) is 4.80. The van der Waals surface area contributed by atoms with Crippen molar-refractivity contribution < 1.29 is 23.1 Å². The van der Waals surface area contributed by atoms with Gasteiger partial charge in [0.15, 0.2) is 5.88 Å². The highest BCUT2D eigenvalue weighted by atomic mass is 19.4. The molecule has 2 aromatic heterocycles. The molecule has 1 saturated carbocycles. The SMILES string of the molecule is CCC(=Nc1cnn(C2CCC2)c1)c1c(O)[nH]c2ccc(C(=O)NCC(F)(F)F)cc12. The van der Waals surface area contributed by atoms with Gasteiger partial charge in [-0.15, -0.1) is 0 Å². The lowest BCUT2D eigenvalue weighted by molar-refractivity contribution is -0.123. The Kier molecular flexibility index (Phi) is 5.47. The highest BCUT2D eigenvalue weighted by Crippen LogP contribution is 2.33. The van der Waals surface area contributed by atoms with Crippen LogP contribution in [0.1, 0.15) is 54.6 Å². The number of H-pyrrole nitrogens is 1. The van der Waals surface area contributed by atoms with Gasteiger partial charge >= 0.3 is 6.18 Å². The smallest absolute Gasteiger partial charge is 0.405 e. The minimum absolute atomic E-state index is 0.0604. The summed E-state index contributed by atoms with van der Waals surface area (Å²) in [5.74, 6) is -0.961. The molecule has 1 aliphatic rings. The minimum Gasteiger partial charge on any atom is -0.494 e. The summed E-state index contributed by atoms with van der Waals surface area (Å²) in [5, 5.41) is 17.2. The van der Waals surface area contributed by atoms with Crippen molar-refractivity contribution in [2.75, 3.05) is 6.54 Å². The fourth-order valence-corrected chi connectivity index (χ4v) is 3.60.